The number of carbonyl (C=O) groups excluding carboxylic acids is 2. The lowest BCUT2D eigenvalue weighted by molar-refractivity contribution is -0.147. The zero-order valence-corrected chi connectivity index (χ0v) is 25.9. The fourth-order valence-corrected chi connectivity index (χ4v) is 4.48. The van der Waals surface area contributed by atoms with Crippen LogP contribution < -0.4 is 22.5 Å². The van der Waals surface area contributed by atoms with Gasteiger partial charge in [0.25, 0.3) is 21.2 Å². The number of carbonyl (C=O) groups is 2. The van der Waals surface area contributed by atoms with E-state index in [0.29, 0.717) is 17.8 Å². The molecule has 0 saturated carbocycles. The topological polar surface area (TPSA) is 214 Å². The number of esters is 2. The molecule has 43 heavy (non-hydrogen) atoms. The number of ether oxygens (including phenoxy) is 2. The van der Waals surface area contributed by atoms with Gasteiger partial charge in [-0.3, -0.25) is 32.0 Å². The Morgan fingerprint density at radius 1 is 0.860 bits per heavy atom. The SMILES string of the molecule is COC(=O)[C@@H](C)OS(C)(=O)=O.COC(=O)[C@H](C)n1cnc2c1c(=O)n(C)c(=O)n2C.Cn1c2c(c(=O)n(C)c1=O)CC=N2. The number of hydrogen-bond acceptors (Lipinski definition) is 13. The lowest BCUT2D eigenvalue weighted by atomic mass is 10.2. The number of hydrogen-bond donors (Lipinski definition) is 0. The van der Waals surface area contributed by atoms with Crippen LogP contribution in [-0.2, 0) is 68.0 Å². The highest BCUT2D eigenvalue weighted by atomic mass is 32.2. The van der Waals surface area contributed by atoms with Gasteiger partial charge in [0.1, 0.15) is 11.9 Å². The molecular formula is C24H33N7O11S. The maximum absolute atomic E-state index is 12.1. The lowest BCUT2D eigenvalue weighted by Crippen LogP contribution is -2.38. The Morgan fingerprint density at radius 3 is 1.93 bits per heavy atom. The number of aryl methyl sites for hydroxylation is 1. The molecule has 0 saturated heterocycles. The van der Waals surface area contributed by atoms with Crippen LogP contribution in [-0.4, -0.2) is 81.0 Å². The van der Waals surface area contributed by atoms with Crippen molar-refractivity contribution in [3.63, 3.8) is 0 Å². The normalized spacial score (nSPS) is 13.2. The van der Waals surface area contributed by atoms with Crippen molar-refractivity contribution in [3.8, 4) is 0 Å². The van der Waals surface area contributed by atoms with Gasteiger partial charge in [-0.25, -0.2) is 29.2 Å². The van der Waals surface area contributed by atoms with E-state index in [9.17, 15) is 37.2 Å². The Hall–Kier alpha value is -4.65. The molecule has 1 aliphatic rings. The summed E-state index contributed by atoms with van der Waals surface area (Å²) in [6.45, 7) is 2.89. The third-order valence-electron chi connectivity index (χ3n) is 6.22. The zero-order valence-electron chi connectivity index (χ0n) is 25.0. The second kappa shape index (κ2) is 13.6. The van der Waals surface area contributed by atoms with Crippen LogP contribution >= 0.6 is 0 Å². The highest BCUT2D eigenvalue weighted by molar-refractivity contribution is 7.86. The molecule has 4 rings (SSSR count). The molecule has 0 bridgehead atoms. The van der Waals surface area contributed by atoms with Crippen molar-refractivity contribution in [2.75, 3.05) is 20.5 Å². The summed E-state index contributed by atoms with van der Waals surface area (Å²) in [4.78, 5) is 76.9. The van der Waals surface area contributed by atoms with Gasteiger partial charge in [-0.05, 0) is 13.8 Å². The van der Waals surface area contributed by atoms with E-state index in [1.807, 2.05) is 0 Å². The molecule has 0 radical (unpaired) electrons. The fraction of sp³-hybridized carbons (Fsp3) is 0.500. The summed E-state index contributed by atoms with van der Waals surface area (Å²) in [5, 5.41) is 0. The summed E-state index contributed by atoms with van der Waals surface area (Å²) in [6.07, 6.45) is 3.32. The maximum atomic E-state index is 12.1. The van der Waals surface area contributed by atoms with Crippen LogP contribution in [0.2, 0.25) is 0 Å². The van der Waals surface area contributed by atoms with E-state index >= 15 is 0 Å². The molecule has 0 aromatic carbocycles. The average Bonchev–Trinajstić information content (AvgIpc) is 3.64. The van der Waals surface area contributed by atoms with Gasteiger partial charge in [-0.2, -0.15) is 8.42 Å². The van der Waals surface area contributed by atoms with Crippen LogP contribution in [0.4, 0.5) is 5.82 Å². The predicted molar refractivity (Wildman–Crippen MR) is 153 cm³/mol. The Morgan fingerprint density at radius 2 is 1.40 bits per heavy atom. The third-order valence-corrected chi connectivity index (χ3v) is 6.86. The number of aromatic nitrogens is 6. The first-order chi connectivity index (χ1) is 19.9. The number of nitrogens with zero attached hydrogens (tertiary/aromatic N) is 7. The minimum absolute atomic E-state index is 0.197. The summed E-state index contributed by atoms with van der Waals surface area (Å²) < 4.78 is 40.2. The molecule has 19 heteroatoms. The summed E-state index contributed by atoms with van der Waals surface area (Å²) in [5.74, 6) is -0.710. The Labute approximate surface area is 244 Å². The Bertz CT molecular complexity index is 1930. The first-order valence-corrected chi connectivity index (χ1v) is 14.2. The molecule has 1 aliphatic heterocycles. The van der Waals surface area contributed by atoms with E-state index in [4.69, 9.17) is 0 Å². The number of imidazole rings is 1. The molecule has 4 heterocycles. The molecule has 0 aliphatic carbocycles. The molecule has 0 spiro atoms. The quantitative estimate of drug-likeness (QED) is 0.223. The van der Waals surface area contributed by atoms with Crippen LogP contribution in [0.3, 0.4) is 0 Å². The smallest absolute Gasteiger partial charge is 0.336 e. The largest absolute Gasteiger partial charge is 0.467 e. The van der Waals surface area contributed by atoms with Gasteiger partial charge >= 0.3 is 23.3 Å². The van der Waals surface area contributed by atoms with Crippen LogP contribution in [0.25, 0.3) is 11.2 Å². The summed E-state index contributed by atoms with van der Waals surface area (Å²) in [5.41, 5.74) is -0.492. The van der Waals surface area contributed by atoms with Crippen molar-refractivity contribution in [1.29, 1.82) is 0 Å². The average molecular weight is 628 g/mol. The van der Waals surface area contributed by atoms with E-state index in [0.717, 1.165) is 22.5 Å². The number of rotatable bonds is 5. The molecule has 3 aromatic rings. The molecule has 0 N–H and O–H groups in total. The van der Waals surface area contributed by atoms with Crippen molar-refractivity contribution in [2.24, 2.45) is 33.2 Å². The second-order valence-electron chi connectivity index (χ2n) is 9.22. The molecule has 3 aromatic heterocycles. The Balaban J connectivity index is 0.000000236. The minimum atomic E-state index is -3.58. The molecule has 18 nitrogen and oxygen atoms in total. The number of fused-ring (bicyclic) bond motifs is 2. The molecule has 0 fully saturated rings. The van der Waals surface area contributed by atoms with Crippen molar-refractivity contribution < 1.29 is 31.7 Å². The van der Waals surface area contributed by atoms with Gasteiger partial charge in [0.15, 0.2) is 17.3 Å². The first-order valence-electron chi connectivity index (χ1n) is 12.4. The molecule has 236 valence electrons. The van der Waals surface area contributed by atoms with E-state index in [-0.39, 0.29) is 22.4 Å². The Kier molecular flexibility index (Phi) is 10.9. The number of aliphatic imine (C=N–C) groups is 1. The minimum Gasteiger partial charge on any atom is -0.467 e. The van der Waals surface area contributed by atoms with E-state index in [1.54, 1.807) is 20.2 Å². The molecule has 0 amide bonds. The maximum Gasteiger partial charge on any atom is 0.336 e. The highest BCUT2D eigenvalue weighted by Gasteiger charge is 2.22. The first kappa shape index (κ1) is 34.6. The van der Waals surface area contributed by atoms with Gasteiger partial charge in [0.2, 0.25) is 0 Å². The highest BCUT2D eigenvalue weighted by Crippen LogP contribution is 2.17. The standard InChI is InChI=1S/C11H14N4O4.C8H9N3O2.C5H10O5S/c1-6(10(17)19-4)15-5-12-8-7(15)9(16)14(3)11(18)13(8)2;1-10-6-5(3-4-9-6)7(12)11(2)8(10)13;1-4(5(6)9-2)10-11(3,7)8/h5-6H,1-4H3;4H,3H2,1-2H3;4H,1-3H3/t6-;;4-/m0.1/s1. The van der Waals surface area contributed by atoms with Crippen molar-refractivity contribution in [1.82, 2.24) is 27.8 Å². The zero-order chi connectivity index (χ0) is 33.0. The molecular weight excluding hydrogens is 594 g/mol. The fourth-order valence-electron chi connectivity index (χ4n) is 3.88. The summed E-state index contributed by atoms with van der Waals surface area (Å²) >= 11 is 0. The lowest BCUT2D eigenvalue weighted by Gasteiger charge is -2.12. The van der Waals surface area contributed by atoms with Crippen molar-refractivity contribution in [2.45, 2.75) is 32.4 Å². The number of methoxy groups -OCH3 is 2. The van der Waals surface area contributed by atoms with Crippen LogP contribution in [0.5, 0.6) is 0 Å². The monoisotopic (exact) mass is 627 g/mol. The van der Waals surface area contributed by atoms with Gasteiger partial charge < -0.3 is 14.0 Å². The third kappa shape index (κ3) is 7.41. The second-order valence-corrected chi connectivity index (χ2v) is 10.8. The van der Waals surface area contributed by atoms with Crippen LogP contribution in [0.1, 0.15) is 25.5 Å². The van der Waals surface area contributed by atoms with Crippen LogP contribution in [0, 0.1) is 0 Å². The molecule has 0 unspecified atom stereocenters. The van der Waals surface area contributed by atoms with Crippen LogP contribution in [0.15, 0.2) is 30.5 Å². The van der Waals surface area contributed by atoms with Gasteiger partial charge in [0, 0.05) is 40.8 Å². The van der Waals surface area contributed by atoms with Gasteiger partial charge in [-0.15, -0.1) is 0 Å². The van der Waals surface area contributed by atoms with Gasteiger partial charge in [0.05, 0.1) is 32.4 Å². The van der Waals surface area contributed by atoms with E-state index in [1.165, 1.54) is 55.2 Å². The van der Waals surface area contributed by atoms with Crippen molar-refractivity contribution in [3.05, 3.63) is 53.6 Å². The molecule has 2 atom stereocenters. The van der Waals surface area contributed by atoms with E-state index in [2.05, 4.69) is 23.6 Å². The summed E-state index contributed by atoms with van der Waals surface area (Å²) in [7, 11) is 4.83. The van der Waals surface area contributed by atoms with Gasteiger partial charge in [-0.1, -0.05) is 0 Å². The van der Waals surface area contributed by atoms with Crippen molar-refractivity contribution >= 4 is 45.3 Å². The predicted octanol–water partition coefficient (Wildman–Crippen LogP) is -1.97. The summed E-state index contributed by atoms with van der Waals surface area (Å²) in [6, 6.07) is -0.694. The van der Waals surface area contributed by atoms with E-state index < -0.39 is 45.5 Å².